The van der Waals surface area contributed by atoms with Crippen LogP contribution in [0, 0.1) is 5.82 Å². The summed E-state index contributed by atoms with van der Waals surface area (Å²) in [7, 11) is 0. The van der Waals surface area contributed by atoms with Gasteiger partial charge in [0.1, 0.15) is 5.82 Å². The lowest BCUT2D eigenvalue weighted by Gasteiger charge is -2.38. The number of anilines is 2. The van der Waals surface area contributed by atoms with E-state index in [0.29, 0.717) is 24.3 Å². The molecule has 0 bridgehead atoms. The Morgan fingerprint density at radius 3 is 2.36 bits per heavy atom. The number of hydrogen-bond donors (Lipinski definition) is 2. The van der Waals surface area contributed by atoms with Gasteiger partial charge in [0.05, 0.1) is 12.5 Å². The van der Waals surface area contributed by atoms with E-state index in [1.54, 1.807) is 36.4 Å². The summed E-state index contributed by atoms with van der Waals surface area (Å²) in [6, 6.07) is 13.0. The molecule has 1 unspecified atom stereocenters. The summed E-state index contributed by atoms with van der Waals surface area (Å²) in [5.41, 5.74) is 2.09. The second-order valence-corrected chi connectivity index (χ2v) is 6.89. The van der Waals surface area contributed by atoms with Crippen molar-refractivity contribution in [3.05, 3.63) is 59.9 Å². The Morgan fingerprint density at radius 1 is 1.07 bits per heavy atom. The Hall–Kier alpha value is -2.93. The molecule has 7 heteroatoms. The summed E-state index contributed by atoms with van der Waals surface area (Å²) in [5, 5.41) is 11.9. The first kappa shape index (κ1) is 19.8. The Labute approximate surface area is 163 Å². The third kappa shape index (κ3) is 4.86. The molecule has 1 saturated heterocycles. The molecular weight excluding hydrogens is 361 g/mol. The Bertz CT molecular complexity index is 833. The van der Waals surface area contributed by atoms with Gasteiger partial charge >= 0.3 is 5.97 Å². The van der Waals surface area contributed by atoms with E-state index in [-0.39, 0.29) is 24.2 Å². The number of halogens is 1. The molecule has 1 atom stereocenters. The molecule has 1 aliphatic rings. The molecule has 148 valence electrons. The Balaban J connectivity index is 1.58. The third-order valence-electron chi connectivity index (χ3n) is 5.05. The van der Waals surface area contributed by atoms with Crippen LogP contribution in [0.5, 0.6) is 0 Å². The molecule has 0 saturated carbocycles. The molecule has 0 aliphatic carbocycles. The zero-order valence-corrected chi connectivity index (χ0v) is 15.8. The summed E-state index contributed by atoms with van der Waals surface area (Å²) < 4.78 is 13.1. The van der Waals surface area contributed by atoms with E-state index in [0.717, 1.165) is 18.8 Å². The maximum atomic E-state index is 13.1. The number of amides is 1. The van der Waals surface area contributed by atoms with Gasteiger partial charge in [-0.25, -0.2) is 4.39 Å². The molecule has 1 aliphatic heterocycles. The van der Waals surface area contributed by atoms with Gasteiger partial charge in [-0.2, -0.15) is 0 Å². The highest BCUT2D eigenvalue weighted by Crippen LogP contribution is 2.19. The summed E-state index contributed by atoms with van der Waals surface area (Å²) in [6.07, 6.45) is -0.138. The van der Waals surface area contributed by atoms with Crippen molar-refractivity contribution in [1.82, 2.24) is 4.90 Å². The van der Waals surface area contributed by atoms with E-state index in [1.165, 1.54) is 12.1 Å². The molecule has 0 radical (unpaired) electrons. The second-order valence-electron chi connectivity index (χ2n) is 6.89. The van der Waals surface area contributed by atoms with Gasteiger partial charge in [-0.3, -0.25) is 14.5 Å². The highest BCUT2D eigenvalue weighted by atomic mass is 19.1. The molecule has 0 aromatic heterocycles. The van der Waals surface area contributed by atoms with Crippen LogP contribution in [0.2, 0.25) is 0 Å². The number of carbonyl (C=O) groups is 2. The lowest BCUT2D eigenvalue weighted by Crippen LogP contribution is -2.52. The number of nitrogens with zero attached hydrogens (tertiary/aromatic N) is 2. The number of para-hydroxylation sites is 1. The topological polar surface area (TPSA) is 72.9 Å². The molecule has 2 aromatic rings. The van der Waals surface area contributed by atoms with Crippen LogP contribution in [0.25, 0.3) is 0 Å². The molecule has 2 aromatic carbocycles. The molecule has 1 fully saturated rings. The minimum Gasteiger partial charge on any atom is -0.481 e. The van der Waals surface area contributed by atoms with Gasteiger partial charge in [-0.05, 0) is 42.8 Å². The lowest BCUT2D eigenvalue weighted by molar-refractivity contribution is -0.136. The summed E-state index contributed by atoms with van der Waals surface area (Å²) >= 11 is 0. The quantitative estimate of drug-likeness (QED) is 0.800. The van der Waals surface area contributed by atoms with E-state index in [9.17, 15) is 14.0 Å². The van der Waals surface area contributed by atoms with Crippen LogP contribution in [-0.4, -0.2) is 54.1 Å². The van der Waals surface area contributed by atoms with Crippen molar-refractivity contribution in [3.63, 3.8) is 0 Å². The number of piperazine rings is 1. The van der Waals surface area contributed by atoms with E-state index in [1.807, 2.05) is 6.92 Å². The number of carboxylic acid groups (broad SMARTS) is 1. The van der Waals surface area contributed by atoms with E-state index >= 15 is 0 Å². The summed E-state index contributed by atoms with van der Waals surface area (Å²) in [4.78, 5) is 28.0. The maximum absolute atomic E-state index is 13.1. The van der Waals surface area contributed by atoms with Gasteiger partial charge in [-0.1, -0.05) is 18.2 Å². The van der Waals surface area contributed by atoms with Crippen LogP contribution < -0.4 is 10.2 Å². The van der Waals surface area contributed by atoms with Crippen molar-refractivity contribution in [1.29, 1.82) is 0 Å². The van der Waals surface area contributed by atoms with E-state index < -0.39 is 5.97 Å². The van der Waals surface area contributed by atoms with Crippen LogP contribution in [-0.2, 0) is 16.0 Å². The highest BCUT2D eigenvalue weighted by Gasteiger charge is 2.26. The average molecular weight is 385 g/mol. The smallest absolute Gasteiger partial charge is 0.307 e. The molecule has 1 heterocycles. The van der Waals surface area contributed by atoms with Gasteiger partial charge in [0.25, 0.3) is 0 Å². The van der Waals surface area contributed by atoms with Crippen LogP contribution >= 0.6 is 0 Å². The van der Waals surface area contributed by atoms with Gasteiger partial charge in [0, 0.05) is 37.6 Å². The van der Waals surface area contributed by atoms with Gasteiger partial charge in [0.15, 0.2) is 0 Å². The fraction of sp³-hybridized carbons (Fsp3) is 0.333. The third-order valence-corrected chi connectivity index (χ3v) is 5.05. The van der Waals surface area contributed by atoms with Crippen molar-refractivity contribution in [2.75, 3.05) is 36.4 Å². The van der Waals surface area contributed by atoms with Crippen LogP contribution in [0.4, 0.5) is 15.8 Å². The van der Waals surface area contributed by atoms with E-state index in [4.69, 9.17) is 5.11 Å². The molecule has 1 amide bonds. The van der Waals surface area contributed by atoms with E-state index in [2.05, 4.69) is 15.1 Å². The molecule has 28 heavy (non-hydrogen) atoms. The summed E-state index contributed by atoms with van der Waals surface area (Å²) in [6.45, 7) is 4.77. The predicted octanol–water partition coefficient (Wildman–Crippen LogP) is 2.60. The minimum atomic E-state index is -0.938. The minimum absolute atomic E-state index is 0.138. The fourth-order valence-corrected chi connectivity index (χ4v) is 3.38. The van der Waals surface area contributed by atoms with Crippen LogP contribution in [0.3, 0.4) is 0 Å². The van der Waals surface area contributed by atoms with Crippen molar-refractivity contribution in [2.24, 2.45) is 0 Å². The number of carbonyl (C=O) groups excluding carboxylic acids is 1. The highest BCUT2D eigenvalue weighted by molar-refractivity contribution is 5.95. The van der Waals surface area contributed by atoms with Crippen molar-refractivity contribution in [3.8, 4) is 0 Å². The van der Waals surface area contributed by atoms with Crippen LogP contribution in [0.15, 0.2) is 48.5 Å². The van der Waals surface area contributed by atoms with Gasteiger partial charge in [-0.15, -0.1) is 0 Å². The largest absolute Gasteiger partial charge is 0.481 e. The molecule has 0 spiro atoms. The molecule has 3 rings (SSSR count). The van der Waals surface area contributed by atoms with Crippen molar-refractivity contribution >= 4 is 23.3 Å². The fourth-order valence-electron chi connectivity index (χ4n) is 3.38. The lowest BCUT2D eigenvalue weighted by atomic mass is 10.1. The SMILES string of the molecule is CC(C(=O)Nc1ccccc1CC(=O)O)N1CCN(c2ccc(F)cc2)CC1. The standard InChI is InChI=1S/C21H24FN3O3/c1-15(21(28)23-19-5-3-2-4-16(19)14-20(26)27)24-10-12-25(13-11-24)18-8-6-17(22)7-9-18/h2-9,15H,10-14H2,1H3,(H,23,28)(H,26,27). The van der Waals surface area contributed by atoms with Gasteiger partial charge < -0.3 is 15.3 Å². The zero-order valence-electron chi connectivity index (χ0n) is 15.8. The number of carboxylic acids is 1. The van der Waals surface area contributed by atoms with Gasteiger partial charge in [0.2, 0.25) is 5.91 Å². The number of hydrogen-bond acceptors (Lipinski definition) is 4. The summed E-state index contributed by atoms with van der Waals surface area (Å²) in [5.74, 6) is -1.35. The number of rotatable bonds is 6. The first-order valence-corrected chi connectivity index (χ1v) is 9.29. The number of benzene rings is 2. The zero-order chi connectivity index (χ0) is 20.1. The molecular formula is C21H24FN3O3. The predicted molar refractivity (Wildman–Crippen MR) is 106 cm³/mol. The number of nitrogens with one attached hydrogen (secondary N) is 1. The monoisotopic (exact) mass is 385 g/mol. The van der Waals surface area contributed by atoms with Crippen LogP contribution in [0.1, 0.15) is 12.5 Å². The molecule has 2 N–H and O–H groups in total. The van der Waals surface area contributed by atoms with Crippen molar-refractivity contribution < 1.29 is 19.1 Å². The normalized spacial score (nSPS) is 15.9. The maximum Gasteiger partial charge on any atom is 0.307 e. The Kier molecular flexibility index (Phi) is 6.26. The number of aliphatic carboxylic acids is 1. The average Bonchev–Trinajstić information content (AvgIpc) is 2.69. The first-order chi connectivity index (χ1) is 13.4. The first-order valence-electron chi connectivity index (χ1n) is 9.29. The van der Waals surface area contributed by atoms with Crippen molar-refractivity contribution in [2.45, 2.75) is 19.4 Å². The molecule has 6 nitrogen and oxygen atoms in total. The Morgan fingerprint density at radius 2 is 1.71 bits per heavy atom. The second kappa shape index (κ2) is 8.84.